The van der Waals surface area contributed by atoms with Gasteiger partial charge in [0.05, 0.1) is 0 Å². The molecule has 0 unspecified atom stereocenters. The van der Waals surface area contributed by atoms with E-state index in [1.54, 1.807) is 12.4 Å². The number of hydrogen-bond acceptors (Lipinski definition) is 5. The Labute approximate surface area is 184 Å². The van der Waals surface area contributed by atoms with Crippen LogP contribution < -0.4 is 11.1 Å². The van der Waals surface area contributed by atoms with E-state index in [4.69, 9.17) is 10.5 Å². The summed E-state index contributed by atoms with van der Waals surface area (Å²) in [6.07, 6.45) is 8.88. The number of aromatic nitrogens is 2. The van der Waals surface area contributed by atoms with Gasteiger partial charge in [0.25, 0.3) is 0 Å². The first-order valence-corrected chi connectivity index (χ1v) is 11.3. The lowest BCUT2D eigenvalue weighted by Crippen LogP contribution is -2.21. The van der Waals surface area contributed by atoms with E-state index in [0.717, 1.165) is 49.3 Å². The summed E-state index contributed by atoms with van der Waals surface area (Å²) in [5.74, 6) is 1.75. The molecule has 2 aliphatic rings. The molecule has 2 saturated heterocycles. The van der Waals surface area contributed by atoms with Crippen molar-refractivity contribution in [2.45, 2.75) is 38.1 Å². The lowest BCUT2D eigenvalue weighted by molar-refractivity contribution is 0.0850. The summed E-state index contributed by atoms with van der Waals surface area (Å²) in [4.78, 5) is 8.63. The van der Waals surface area contributed by atoms with Crippen LogP contribution in [0.2, 0.25) is 0 Å². The van der Waals surface area contributed by atoms with E-state index in [1.165, 1.54) is 23.1 Å². The van der Waals surface area contributed by atoms with Crippen LogP contribution in [-0.4, -0.2) is 29.7 Å². The van der Waals surface area contributed by atoms with Crippen molar-refractivity contribution in [2.24, 2.45) is 5.92 Å². The lowest BCUT2D eigenvalue weighted by Gasteiger charge is -2.28. The molecule has 0 saturated carbocycles. The zero-order chi connectivity index (χ0) is 21.2. The van der Waals surface area contributed by atoms with Crippen molar-refractivity contribution in [3.05, 3.63) is 66.1 Å². The molecule has 0 radical (unpaired) electrons. The Bertz CT molecular complexity index is 1050. The average Bonchev–Trinajstić information content (AvgIpc) is 3.26. The van der Waals surface area contributed by atoms with Gasteiger partial charge >= 0.3 is 0 Å². The Morgan fingerprint density at radius 3 is 2.48 bits per heavy atom. The van der Waals surface area contributed by atoms with Gasteiger partial charge in [-0.15, -0.1) is 0 Å². The molecule has 0 spiro atoms. The van der Waals surface area contributed by atoms with Gasteiger partial charge in [0, 0.05) is 49.0 Å². The third-order valence-electron chi connectivity index (χ3n) is 6.86. The second-order valence-electron chi connectivity index (χ2n) is 8.82. The largest absolute Gasteiger partial charge is 0.383 e. The zero-order valence-electron chi connectivity index (χ0n) is 18.1. The monoisotopic (exact) mass is 414 g/mol. The fourth-order valence-electron chi connectivity index (χ4n) is 5.05. The van der Waals surface area contributed by atoms with Crippen molar-refractivity contribution in [1.82, 2.24) is 15.3 Å². The predicted molar refractivity (Wildman–Crippen MR) is 125 cm³/mol. The number of anilines is 1. The van der Waals surface area contributed by atoms with Crippen molar-refractivity contribution in [1.29, 1.82) is 0 Å². The van der Waals surface area contributed by atoms with Gasteiger partial charge in [0.15, 0.2) is 0 Å². The van der Waals surface area contributed by atoms with Gasteiger partial charge < -0.3 is 15.8 Å². The third-order valence-corrected chi connectivity index (χ3v) is 6.86. The fourth-order valence-corrected chi connectivity index (χ4v) is 5.05. The maximum atomic E-state index is 6.22. The van der Waals surface area contributed by atoms with Crippen LogP contribution in [0.3, 0.4) is 0 Å². The molecule has 160 valence electrons. The normalized spacial score (nSPS) is 22.0. The van der Waals surface area contributed by atoms with Crippen molar-refractivity contribution < 1.29 is 4.74 Å². The van der Waals surface area contributed by atoms with Crippen molar-refractivity contribution in [3.63, 3.8) is 0 Å². The SMILES string of the molecule is C[C@@H]1CCN[C@H]1c1cc(-c2cnc(N)c(-c3ccncc3)c2)ccc1C1CCOCC1. The number of nitrogens with one attached hydrogen (secondary N) is 1. The Hall–Kier alpha value is -2.76. The summed E-state index contributed by atoms with van der Waals surface area (Å²) >= 11 is 0. The summed E-state index contributed by atoms with van der Waals surface area (Å²) < 4.78 is 5.63. The number of benzene rings is 1. The van der Waals surface area contributed by atoms with E-state index >= 15 is 0 Å². The second-order valence-corrected chi connectivity index (χ2v) is 8.82. The number of nitrogens with two attached hydrogens (primary N) is 1. The Kier molecular flexibility index (Phi) is 5.70. The molecular weight excluding hydrogens is 384 g/mol. The van der Waals surface area contributed by atoms with Crippen molar-refractivity contribution >= 4 is 5.82 Å². The van der Waals surface area contributed by atoms with Crippen LogP contribution in [0.4, 0.5) is 5.82 Å². The van der Waals surface area contributed by atoms with Crippen LogP contribution in [-0.2, 0) is 4.74 Å². The van der Waals surface area contributed by atoms with Crippen LogP contribution in [0.1, 0.15) is 49.3 Å². The van der Waals surface area contributed by atoms with Crippen LogP contribution in [0.15, 0.2) is 55.0 Å². The molecule has 1 aromatic carbocycles. The van der Waals surface area contributed by atoms with E-state index < -0.39 is 0 Å². The highest BCUT2D eigenvalue weighted by Crippen LogP contribution is 2.40. The highest BCUT2D eigenvalue weighted by molar-refractivity contribution is 5.79. The minimum atomic E-state index is 0.402. The van der Waals surface area contributed by atoms with Crippen LogP contribution in [0.25, 0.3) is 22.3 Å². The van der Waals surface area contributed by atoms with Gasteiger partial charge in [0.1, 0.15) is 5.82 Å². The zero-order valence-corrected chi connectivity index (χ0v) is 18.1. The summed E-state index contributed by atoms with van der Waals surface area (Å²) in [7, 11) is 0. The quantitative estimate of drug-likeness (QED) is 0.631. The number of hydrogen-bond donors (Lipinski definition) is 2. The molecule has 0 aliphatic carbocycles. The maximum Gasteiger partial charge on any atom is 0.131 e. The summed E-state index contributed by atoms with van der Waals surface area (Å²) in [6.45, 7) is 5.16. The average molecular weight is 415 g/mol. The Balaban J connectivity index is 1.57. The molecule has 2 aliphatic heterocycles. The number of rotatable bonds is 4. The molecule has 5 rings (SSSR count). The third kappa shape index (κ3) is 4.08. The maximum absolute atomic E-state index is 6.22. The van der Waals surface area contributed by atoms with Gasteiger partial charge in [-0.25, -0.2) is 4.98 Å². The molecule has 2 atom stereocenters. The number of nitrogen functional groups attached to an aromatic ring is 1. The molecular formula is C26H30N4O. The van der Waals surface area contributed by atoms with Gasteiger partial charge in [-0.2, -0.15) is 0 Å². The minimum absolute atomic E-state index is 0.402. The Morgan fingerprint density at radius 2 is 1.74 bits per heavy atom. The lowest BCUT2D eigenvalue weighted by atomic mass is 9.82. The highest BCUT2D eigenvalue weighted by atomic mass is 16.5. The van der Waals surface area contributed by atoms with E-state index in [1.807, 2.05) is 18.3 Å². The van der Waals surface area contributed by atoms with Gasteiger partial charge in [-0.1, -0.05) is 19.1 Å². The van der Waals surface area contributed by atoms with Crippen LogP contribution >= 0.6 is 0 Å². The molecule has 31 heavy (non-hydrogen) atoms. The summed E-state index contributed by atoms with van der Waals surface area (Å²) in [5, 5.41) is 3.75. The van der Waals surface area contributed by atoms with Gasteiger partial charge in [-0.3, -0.25) is 4.98 Å². The van der Waals surface area contributed by atoms with E-state index in [-0.39, 0.29) is 0 Å². The molecule has 0 amide bonds. The van der Waals surface area contributed by atoms with E-state index in [9.17, 15) is 0 Å². The molecule has 4 heterocycles. The van der Waals surface area contributed by atoms with Crippen molar-refractivity contribution in [3.8, 4) is 22.3 Å². The standard InChI is InChI=1S/C26H30N4O/c1-17-4-11-29-25(17)24-14-20(2-3-22(24)19-7-12-31-13-8-19)21-15-23(26(27)30-16-21)18-5-9-28-10-6-18/h2-3,5-6,9-10,14-17,19,25,29H,4,7-8,11-13H2,1H3,(H2,27,30)/t17-,25-/m1/s1. The topological polar surface area (TPSA) is 73.1 Å². The number of pyridine rings is 2. The molecule has 2 aromatic heterocycles. The van der Waals surface area contributed by atoms with Crippen molar-refractivity contribution in [2.75, 3.05) is 25.5 Å². The predicted octanol–water partition coefficient (Wildman–Crippen LogP) is 4.96. The van der Waals surface area contributed by atoms with E-state index in [0.29, 0.717) is 23.7 Å². The van der Waals surface area contributed by atoms with Gasteiger partial charge in [0.2, 0.25) is 0 Å². The van der Waals surface area contributed by atoms with E-state index in [2.05, 4.69) is 46.5 Å². The summed E-state index contributed by atoms with van der Waals surface area (Å²) in [5.41, 5.74) is 13.4. The van der Waals surface area contributed by atoms with Gasteiger partial charge in [-0.05, 0) is 84.2 Å². The minimum Gasteiger partial charge on any atom is -0.383 e. The molecule has 2 fully saturated rings. The highest BCUT2D eigenvalue weighted by Gasteiger charge is 2.29. The molecule has 5 heteroatoms. The molecule has 3 N–H and O–H groups in total. The fraction of sp³-hybridized carbons (Fsp3) is 0.385. The number of ether oxygens (including phenoxy) is 1. The summed E-state index contributed by atoms with van der Waals surface area (Å²) in [6, 6.07) is 13.5. The first kappa shape index (κ1) is 20.2. The van der Waals surface area contributed by atoms with Crippen LogP contribution in [0.5, 0.6) is 0 Å². The number of nitrogens with zero attached hydrogens (tertiary/aromatic N) is 2. The smallest absolute Gasteiger partial charge is 0.131 e. The molecule has 3 aromatic rings. The molecule has 0 bridgehead atoms. The first-order valence-electron chi connectivity index (χ1n) is 11.3. The van der Waals surface area contributed by atoms with Crippen LogP contribution in [0, 0.1) is 5.92 Å². The second kappa shape index (κ2) is 8.77. The molecule has 5 nitrogen and oxygen atoms in total. The first-order chi connectivity index (χ1) is 15.2. The Morgan fingerprint density at radius 1 is 0.935 bits per heavy atom.